The third kappa shape index (κ3) is 4.41. The number of nitrogens with two attached hydrogens (primary N) is 1. The number of hydrogen-bond acceptors (Lipinski definition) is 5. The molecule has 40 heavy (non-hydrogen) atoms. The van der Waals surface area contributed by atoms with Gasteiger partial charge in [0.05, 0.1) is 12.7 Å². The highest BCUT2D eigenvalue weighted by Gasteiger charge is 2.26. The first-order valence-electron chi connectivity index (χ1n) is 12.8. The fourth-order valence-corrected chi connectivity index (χ4v) is 5.16. The number of carbonyl (C=O) groups is 2. The van der Waals surface area contributed by atoms with E-state index in [1.165, 1.54) is 13.2 Å². The number of aromatic nitrogens is 2. The largest absolute Gasteiger partial charge is 0.496 e. The normalized spacial score (nSPS) is 12.2. The summed E-state index contributed by atoms with van der Waals surface area (Å²) in [5.74, 6) is -0.670. The summed E-state index contributed by atoms with van der Waals surface area (Å²) in [5.41, 5.74) is 9.32. The summed E-state index contributed by atoms with van der Waals surface area (Å²) >= 11 is 0. The van der Waals surface area contributed by atoms with E-state index < -0.39 is 11.7 Å². The quantitative estimate of drug-likeness (QED) is 0.278. The molecule has 4 aromatic carbocycles. The molecule has 2 heterocycles. The number of nitrogens with one attached hydrogen (secondary N) is 2. The fraction of sp³-hybridized carbons (Fsp3) is 0.129. The number of anilines is 2. The van der Waals surface area contributed by atoms with Gasteiger partial charge in [0.1, 0.15) is 28.6 Å². The van der Waals surface area contributed by atoms with Crippen molar-refractivity contribution in [2.75, 3.05) is 12.4 Å². The Kier molecular flexibility index (Phi) is 6.39. The summed E-state index contributed by atoms with van der Waals surface area (Å²) in [6, 6.07) is 23.5. The summed E-state index contributed by atoms with van der Waals surface area (Å²) in [5, 5.41) is 12.3. The van der Waals surface area contributed by atoms with Crippen LogP contribution in [0, 0.1) is 5.82 Å². The van der Waals surface area contributed by atoms with Crippen molar-refractivity contribution in [1.29, 1.82) is 0 Å². The van der Waals surface area contributed by atoms with Crippen LogP contribution in [0.15, 0.2) is 78.9 Å². The molecule has 0 atom stereocenters. The molecule has 1 aliphatic rings. The van der Waals surface area contributed by atoms with Crippen molar-refractivity contribution in [2.45, 2.75) is 19.5 Å². The maximum Gasteiger partial charge on any atom is 0.255 e. The van der Waals surface area contributed by atoms with Crippen LogP contribution in [0.4, 0.5) is 15.9 Å². The minimum Gasteiger partial charge on any atom is -0.496 e. The van der Waals surface area contributed by atoms with E-state index in [4.69, 9.17) is 10.5 Å². The molecule has 6 rings (SSSR count). The van der Waals surface area contributed by atoms with Crippen LogP contribution in [0.3, 0.4) is 0 Å². The topological polar surface area (TPSA) is 111 Å². The molecule has 4 N–H and O–H groups in total. The minimum atomic E-state index is -0.663. The average molecular weight is 536 g/mol. The number of rotatable bonds is 6. The Morgan fingerprint density at radius 2 is 1.85 bits per heavy atom. The highest BCUT2D eigenvalue weighted by Crippen LogP contribution is 2.35. The van der Waals surface area contributed by atoms with Gasteiger partial charge in [-0.25, -0.2) is 9.07 Å². The van der Waals surface area contributed by atoms with E-state index in [1.807, 2.05) is 54.6 Å². The second-order valence-corrected chi connectivity index (χ2v) is 9.54. The van der Waals surface area contributed by atoms with E-state index in [0.29, 0.717) is 41.4 Å². The molecule has 0 radical (unpaired) electrons. The van der Waals surface area contributed by atoms with E-state index in [0.717, 1.165) is 22.0 Å². The van der Waals surface area contributed by atoms with E-state index >= 15 is 4.39 Å². The van der Waals surface area contributed by atoms with Gasteiger partial charge in [-0.2, -0.15) is 5.10 Å². The maximum atomic E-state index is 15.3. The van der Waals surface area contributed by atoms with Crippen molar-refractivity contribution in [1.82, 2.24) is 15.1 Å². The van der Waals surface area contributed by atoms with E-state index in [-0.39, 0.29) is 23.6 Å². The van der Waals surface area contributed by atoms with Crippen LogP contribution in [0.25, 0.3) is 22.0 Å². The molecule has 0 spiro atoms. The number of carbonyl (C=O) groups excluding carboxylic acids is 2. The number of methoxy groups -OCH3 is 1. The number of benzene rings is 4. The van der Waals surface area contributed by atoms with Gasteiger partial charge in [0.2, 0.25) is 0 Å². The van der Waals surface area contributed by atoms with E-state index in [1.54, 1.807) is 22.9 Å². The summed E-state index contributed by atoms with van der Waals surface area (Å²) in [6.07, 6.45) is 0.712. The molecule has 0 bridgehead atoms. The van der Waals surface area contributed by atoms with E-state index in [9.17, 15) is 9.59 Å². The van der Waals surface area contributed by atoms with Gasteiger partial charge in [0.15, 0.2) is 0 Å². The molecule has 0 fully saturated rings. The number of hydrogen-bond donors (Lipinski definition) is 3. The van der Waals surface area contributed by atoms with Crippen LogP contribution < -0.4 is 21.1 Å². The Bertz CT molecular complexity index is 1800. The Hall–Kier alpha value is -5.18. The second-order valence-electron chi connectivity index (χ2n) is 9.54. The maximum absolute atomic E-state index is 15.3. The fourth-order valence-electron chi connectivity index (χ4n) is 5.16. The zero-order valence-corrected chi connectivity index (χ0v) is 21.7. The highest BCUT2D eigenvalue weighted by atomic mass is 19.1. The Balaban J connectivity index is 1.28. The SMILES string of the molecule is COc1ccc2ccccc2c1C(=O)NCc1ccc(-c2nn3c(c2C(N)=O)Nc2ccccc2CC3)cc1F. The summed E-state index contributed by atoms with van der Waals surface area (Å²) in [6.45, 7) is 0.488. The van der Waals surface area contributed by atoms with Gasteiger partial charge in [-0.1, -0.05) is 60.7 Å². The molecule has 8 nitrogen and oxygen atoms in total. The van der Waals surface area contributed by atoms with Crippen molar-refractivity contribution in [3.8, 4) is 17.0 Å². The average Bonchev–Trinajstić information content (AvgIpc) is 3.23. The van der Waals surface area contributed by atoms with Gasteiger partial charge in [-0.3, -0.25) is 9.59 Å². The minimum absolute atomic E-state index is 0.0436. The van der Waals surface area contributed by atoms with E-state index in [2.05, 4.69) is 15.7 Å². The number of nitrogens with zero attached hydrogens (tertiary/aromatic N) is 2. The lowest BCUT2D eigenvalue weighted by Gasteiger charge is -2.13. The molecule has 0 saturated carbocycles. The molecular formula is C31H26FN5O3. The lowest BCUT2D eigenvalue weighted by atomic mass is 10.0. The lowest BCUT2D eigenvalue weighted by Crippen LogP contribution is -2.24. The van der Waals surface area contributed by atoms with Gasteiger partial charge in [0, 0.05) is 29.9 Å². The third-order valence-corrected chi connectivity index (χ3v) is 7.17. The summed E-state index contributed by atoms with van der Waals surface area (Å²) < 4.78 is 22.4. The zero-order chi connectivity index (χ0) is 27.8. The van der Waals surface area contributed by atoms with Crippen LogP contribution >= 0.6 is 0 Å². The van der Waals surface area contributed by atoms with Gasteiger partial charge < -0.3 is 21.1 Å². The Labute approximate surface area is 229 Å². The molecule has 1 aliphatic heterocycles. The van der Waals surface area contributed by atoms with Crippen LogP contribution in [-0.4, -0.2) is 28.7 Å². The lowest BCUT2D eigenvalue weighted by molar-refractivity contribution is 0.0948. The summed E-state index contributed by atoms with van der Waals surface area (Å²) in [4.78, 5) is 25.7. The molecule has 1 aromatic heterocycles. The first-order valence-corrected chi connectivity index (χ1v) is 12.8. The number of amides is 2. The van der Waals surface area contributed by atoms with Gasteiger partial charge >= 0.3 is 0 Å². The molecule has 0 saturated heterocycles. The number of aryl methyl sites for hydroxylation is 2. The summed E-state index contributed by atoms with van der Waals surface area (Å²) in [7, 11) is 1.50. The van der Waals surface area contributed by atoms with Crippen molar-refractivity contribution < 1.29 is 18.7 Å². The van der Waals surface area contributed by atoms with Crippen LogP contribution in [0.1, 0.15) is 31.8 Å². The second kappa shape index (κ2) is 10.2. The molecule has 9 heteroatoms. The number of primary amides is 1. The number of para-hydroxylation sites is 1. The third-order valence-electron chi connectivity index (χ3n) is 7.17. The van der Waals surface area contributed by atoms with Crippen molar-refractivity contribution >= 4 is 34.1 Å². The Morgan fingerprint density at radius 1 is 1.05 bits per heavy atom. The zero-order valence-electron chi connectivity index (χ0n) is 21.7. The van der Waals surface area contributed by atoms with Gasteiger partial charge in [-0.05, 0) is 41.0 Å². The number of fused-ring (bicyclic) bond motifs is 3. The standard InChI is InChI=1S/C31H26FN5O3/c1-40-25-13-12-18-6-2-4-8-22(18)26(25)31(39)34-17-21-11-10-20(16-23(21)32)28-27(29(33)38)30-35-24-9-5-3-7-19(24)14-15-37(30)36-28/h2-13,16,35H,14-15,17H2,1H3,(H2,33,38)(H,34,39). The highest BCUT2D eigenvalue weighted by molar-refractivity contribution is 6.09. The number of halogens is 1. The monoisotopic (exact) mass is 535 g/mol. The molecule has 2 amide bonds. The van der Waals surface area contributed by atoms with Crippen molar-refractivity contribution in [3.05, 3.63) is 107 Å². The van der Waals surface area contributed by atoms with Gasteiger partial charge in [0.25, 0.3) is 11.8 Å². The smallest absolute Gasteiger partial charge is 0.255 e. The van der Waals surface area contributed by atoms with Crippen LogP contribution in [0.5, 0.6) is 5.75 Å². The van der Waals surface area contributed by atoms with Crippen LogP contribution in [-0.2, 0) is 19.5 Å². The predicted octanol–water partition coefficient (Wildman–Crippen LogP) is 5.18. The Morgan fingerprint density at radius 3 is 2.65 bits per heavy atom. The molecule has 0 aliphatic carbocycles. The predicted molar refractivity (Wildman–Crippen MR) is 151 cm³/mol. The number of ether oxygens (including phenoxy) is 1. The van der Waals surface area contributed by atoms with Crippen LogP contribution in [0.2, 0.25) is 0 Å². The first kappa shape index (κ1) is 25.1. The van der Waals surface area contributed by atoms with Crippen molar-refractivity contribution in [2.24, 2.45) is 5.73 Å². The van der Waals surface area contributed by atoms with Gasteiger partial charge in [-0.15, -0.1) is 0 Å². The molecule has 200 valence electrons. The first-order chi connectivity index (χ1) is 19.4. The van der Waals surface area contributed by atoms with Crippen molar-refractivity contribution in [3.63, 3.8) is 0 Å². The molecule has 0 unspecified atom stereocenters. The molecule has 5 aromatic rings. The molecular weight excluding hydrogens is 509 g/mol.